The minimum absolute atomic E-state index is 0.175. The van der Waals surface area contributed by atoms with Crippen molar-refractivity contribution in [1.82, 2.24) is 0 Å². The normalized spacial score (nSPS) is 11.6. The summed E-state index contributed by atoms with van der Waals surface area (Å²) in [4.78, 5) is 0. The third-order valence-electron chi connectivity index (χ3n) is 4.93. The van der Waals surface area contributed by atoms with Crippen LogP contribution in [0, 0.1) is 13.8 Å². The highest BCUT2D eigenvalue weighted by atomic mass is 14.9. The van der Waals surface area contributed by atoms with E-state index in [1.807, 2.05) is 0 Å². The highest BCUT2D eigenvalue weighted by Crippen LogP contribution is 2.31. The van der Waals surface area contributed by atoms with Gasteiger partial charge in [0, 0.05) is 17.2 Å². The Kier molecular flexibility index (Phi) is 4.51. The molecule has 0 saturated carbocycles. The molecular weight excluding hydrogens is 302 g/mol. The van der Waals surface area contributed by atoms with Crippen LogP contribution in [0.25, 0.3) is 22.4 Å². The molecule has 1 nitrogen and oxygen atoms in total. The van der Waals surface area contributed by atoms with Gasteiger partial charge in [0.1, 0.15) is 7.05 Å². The first-order chi connectivity index (χ1) is 11.8. The van der Waals surface area contributed by atoms with Crippen molar-refractivity contribution in [3.8, 4) is 22.4 Å². The average molecular weight is 330 g/mol. The van der Waals surface area contributed by atoms with Crippen molar-refractivity contribution >= 4 is 0 Å². The first-order valence-electron chi connectivity index (χ1n) is 8.94. The monoisotopic (exact) mass is 330 g/mol. The van der Waals surface area contributed by atoms with Crippen LogP contribution in [0.4, 0.5) is 0 Å². The topological polar surface area (TPSA) is 3.88 Å². The van der Waals surface area contributed by atoms with Crippen molar-refractivity contribution in [2.75, 3.05) is 0 Å². The van der Waals surface area contributed by atoms with Crippen molar-refractivity contribution in [2.45, 2.75) is 40.0 Å². The Labute approximate surface area is 152 Å². The Morgan fingerprint density at radius 2 is 1.44 bits per heavy atom. The van der Waals surface area contributed by atoms with Gasteiger partial charge in [-0.1, -0.05) is 63.2 Å². The summed E-state index contributed by atoms with van der Waals surface area (Å²) < 4.78 is 2.24. The molecule has 0 spiro atoms. The molecule has 0 amide bonds. The van der Waals surface area contributed by atoms with Crippen LogP contribution in [0.5, 0.6) is 0 Å². The molecule has 0 unspecified atom stereocenters. The minimum Gasteiger partial charge on any atom is -0.201 e. The van der Waals surface area contributed by atoms with Crippen LogP contribution in [0.3, 0.4) is 0 Å². The lowest BCUT2D eigenvalue weighted by Crippen LogP contribution is -2.31. The minimum atomic E-state index is 0.175. The summed E-state index contributed by atoms with van der Waals surface area (Å²) in [6.07, 6.45) is 2.23. The van der Waals surface area contributed by atoms with E-state index >= 15 is 0 Å². The summed E-state index contributed by atoms with van der Waals surface area (Å²) in [7, 11) is 2.13. The third-order valence-corrected chi connectivity index (χ3v) is 4.93. The first-order valence-corrected chi connectivity index (χ1v) is 8.94. The number of aryl methyl sites for hydroxylation is 3. The molecule has 3 rings (SSSR count). The standard InChI is InChI=1S/C24H28N/c1-17-14-20(24(3,4)5)12-13-21(17)23-15-22(18(2)16-25(23)6)19-10-8-7-9-11-19/h7-16H,1-6H3/q+1. The molecule has 0 aliphatic carbocycles. The van der Waals surface area contributed by atoms with E-state index in [0.717, 1.165) is 0 Å². The summed E-state index contributed by atoms with van der Waals surface area (Å²) in [6.45, 7) is 11.2. The Bertz CT molecular complexity index is 899. The summed E-state index contributed by atoms with van der Waals surface area (Å²) in [6, 6.07) is 19.8. The van der Waals surface area contributed by atoms with Crippen LogP contribution < -0.4 is 4.57 Å². The maximum atomic E-state index is 2.33. The van der Waals surface area contributed by atoms with E-state index in [9.17, 15) is 0 Å². The molecule has 0 N–H and O–H groups in total. The number of rotatable bonds is 2. The van der Waals surface area contributed by atoms with Gasteiger partial charge in [0.15, 0.2) is 6.20 Å². The van der Waals surface area contributed by atoms with Crippen LogP contribution in [0.1, 0.15) is 37.5 Å². The Balaban J connectivity index is 2.15. The second-order valence-corrected chi connectivity index (χ2v) is 8.01. The van der Waals surface area contributed by atoms with E-state index in [1.54, 1.807) is 0 Å². The van der Waals surface area contributed by atoms with E-state index in [0.29, 0.717) is 0 Å². The third kappa shape index (κ3) is 3.51. The highest BCUT2D eigenvalue weighted by Gasteiger charge is 2.19. The van der Waals surface area contributed by atoms with Crippen molar-refractivity contribution in [1.29, 1.82) is 0 Å². The smallest absolute Gasteiger partial charge is 0.201 e. The fourth-order valence-electron chi connectivity index (χ4n) is 3.40. The Morgan fingerprint density at radius 1 is 0.760 bits per heavy atom. The summed E-state index contributed by atoms with van der Waals surface area (Å²) in [5, 5.41) is 0. The van der Waals surface area contributed by atoms with E-state index in [2.05, 4.69) is 107 Å². The largest absolute Gasteiger partial charge is 0.213 e. The molecule has 1 aromatic heterocycles. The molecule has 1 heteroatoms. The van der Waals surface area contributed by atoms with Gasteiger partial charge in [-0.15, -0.1) is 0 Å². The summed E-state index contributed by atoms with van der Waals surface area (Å²) in [5.74, 6) is 0. The van der Waals surface area contributed by atoms with Gasteiger partial charge in [-0.2, -0.15) is 0 Å². The zero-order chi connectivity index (χ0) is 18.2. The molecular formula is C24H28N+. The number of aromatic nitrogens is 1. The SMILES string of the molecule is Cc1c[n+](C)c(-c2ccc(C(C)(C)C)cc2C)cc1-c1ccccc1. The van der Waals surface area contributed by atoms with Gasteiger partial charge in [0.05, 0.1) is 0 Å². The van der Waals surface area contributed by atoms with Gasteiger partial charge in [0.2, 0.25) is 5.69 Å². The van der Waals surface area contributed by atoms with E-state index in [-0.39, 0.29) is 5.41 Å². The molecule has 0 bridgehead atoms. The maximum absolute atomic E-state index is 2.33. The molecule has 1 heterocycles. The van der Waals surface area contributed by atoms with Gasteiger partial charge in [-0.25, -0.2) is 4.57 Å². The molecule has 128 valence electrons. The predicted molar refractivity (Wildman–Crippen MR) is 107 cm³/mol. The van der Waals surface area contributed by atoms with E-state index in [4.69, 9.17) is 0 Å². The molecule has 3 aromatic rings. The quantitative estimate of drug-likeness (QED) is 0.526. The average Bonchev–Trinajstić information content (AvgIpc) is 2.55. The van der Waals surface area contributed by atoms with Crippen LogP contribution in [0.15, 0.2) is 60.8 Å². The van der Waals surface area contributed by atoms with Gasteiger partial charge in [-0.05, 0) is 47.6 Å². The fraction of sp³-hybridized carbons (Fsp3) is 0.292. The molecule has 0 fully saturated rings. The number of hydrogen-bond acceptors (Lipinski definition) is 0. The van der Waals surface area contributed by atoms with Gasteiger partial charge in [0.25, 0.3) is 0 Å². The van der Waals surface area contributed by atoms with Gasteiger partial charge in [-0.3, -0.25) is 0 Å². The van der Waals surface area contributed by atoms with Crippen LogP contribution >= 0.6 is 0 Å². The second-order valence-electron chi connectivity index (χ2n) is 8.01. The highest BCUT2D eigenvalue weighted by molar-refractivity contribution is 5.72. The van der Waals surface area contributed by atoms with Gasteiger partial charge < -0.3 is 0 Å². The van der Waals surface area contributed by atoms with Crippen molar-refractivity contribution in [3.05, 3.63) is 77.5 Å². The molecule has 0 aliphatic rings. The van der Waals surface area contributed by atoms with E-state index in [1.165, 1.54) is 39.1 Å². The number of benzene rings is 2. The van der Waals surface area contributed by atoms with Gasteiger partial charge >= 0.3 is 0 Å². The number of nitrogens with zero attached hydrogens (tertiary/aromatic N) is 1. The van der Waals surface area contributed by atoms with Crippen LogP contribution in [-0.4, -0.2) is 0 Å². The molecule has 0 saturated heterocycles. The Morgan fingerprint density at radius 3 is 2.04 bits per heavy atom. The van der Waals surface area contributed by atoms with E-state index < -0.39 is 0 Å². The lowest BCUT2D eigenvalue weighted by Gasteiger charge is -2.20. The van der Waals surface area contributed by atoms with Crippen molar-refractivity contribution in [3.63, 3.8) is 0 Å². The first kappa shape index (κ1) is 17.4. The van der Waals surface area contributed by atoms with Crippen molar-refractivity contribution in [2.24, 2.45) is 7.05 Å². The van der Waals surface area contributed by atoms with Crippen molar-refractivity contribution < 1.29 is 4.57 Å². The van der Waals surface area contributed by atoms with Crippen LogP contribution in [-0.2, 0) is 12.5 Å². The molecule has 0 aliphatic heterocycles. The lowest BCUT2D eigenvalue weighted by atomic mass is 9.85. The summed E-state index contributed by atoms with van der Waals surface area (Å²) in [5.41, 5.74) is 9.29. The zero-order valence-electron chi connectivity index (χ0n) is 16.2. The summed E-state index contributed by atoms with van der Waals surface area (Å²) >= 11 is 0. The molecule has 0 radical (unpaired) electrons. The fourth-order valence-corrected chi connectivity index (χ4v) is 3.40. The molecule has 0 atom stereocenters. The molecule has 25 heavy (non-hydrogen) atoms. The zero-order valence-corrected chi connectivity index (χ0v) is 16.2. The second kappa shape index (κ2) is 6.48. The Hall–Kier alpha value is -2.41. The van der Waals surface area contributed by atoms with Crippen LogP contribution in [0.2, 0.25) is 0 Å². The number of pyridine rings is 1. The predicted octanol–water partition coefficient (Wildman–Crippen LogP) is 5.76. The number of hydrogen-bond donors (Lipinski definition) is 0. The molecule has 2 aromatic carbocycles. The maximum Gasteiger partial charge on any atom is 0.213 e. The lowest BCUT2D eigenvalue weighted by molar-refractivity contribution is -0.660.